The van der Waals surface area contributed by atoms with Crippen LogP contribution in [0.5, 0.6) is 5.75 Å². The molecular formula is C16H27N3O. The summed E-state index contributed by atoms with van der Waals surface area (Å²) in [5.41, 5.74) is 8.30. The molecule has 1 aliphatic rings. The Morgan fingerprint density at radius 2 is 1.95 bits per heavy atom. The summed E-state index contributed by atoms with van der Waals surface area (Å²) in [6.45, 7) is 10.4. The Balaban J connectivity index is 1.86. The van der Waals surface area contributed by atoms with Gasteiger partial charge in [0.1, 0.15) is 12.4 Å². The molecule has 1 heterocycles. The van der Waals surface area contributed by atoms with Crippen molar-refractivity contribution in [2.75, 3.05) is 46.4 Å². The van der Waals surface area contributed by atoms with Crippen LogP contribution in [-0.4, -0.2) is 56.2 Å². The second kappa shape index (κ2) is 7.07. The zero-order valence-electron chi connectivity index (χ0n) is 12.9. The van der Waals surface area contributed by atoms with Gasteiger partial charge in [-0.15, -0.1) is 0 Å². The fourth-order valence-corrected chi connectivity index (χ4v) is 2.50. The monoisotopic (exact) mass is 277 g/mol. The Labute approximate surface area is 122 Å². The first kappa shape index (κ1) is 15.3. The molecule has 0 radical (unpaired) electrons. The van der Waals surface area contributed by atoms with Crippen LogP contribution >= 0.6 is 0 Å². The SMILES string of the molecule is Cc1ccc([C@H](C)N)c(OCCN2CCN(C)CC2)c1. The maximum Gasteiger partial charge on any atom is 0.124 e. The molecule has 1 saturated heterocycles. The number of rotatable bonds is 5. The molecule has 20 heavy (non-hydrogen) atoms. The molecule has 2 rings (SSSR count). The second-order valence-electron chi connectivity index (χ2n) is 5.82. The van der Waals surface area contributed by atoms with Gasteiger partial charge in [-0.1, -0.05) is 12.1 Å². The maximum absolute atomic E-state index is 6.00. The first-order chi connectivity index (χ1) is 9.56. The topological polar surface area (TPSA) is 41.7 Å². The Kier molecular flexibility index (Phi) is 5.40. The summed E-state index contributed by atoms with van der Waals surface area (Å²) >= 11 is 0. The number of hydrogen-bond acceptors (Lipinski definition) is 4. The Morgan fingerprint density at radius 1 is 1.25 bits per heavy atom. The smallest absolute Gasteiger partial charge is 0.124 e. The molecular weight excluding hydrogens is 250 g/mol. The quantitative estimate of drug-likeness (QED) is 0.888. The third kappa shape index (κ3) is 4.20. The van der Waals surface area contributed by atoms with Gasteiger partial charge in [0.2, 0.25) is 0 Å². The van der Waals surface area contributed by atoms with Crippen molar-refractivity contribution < 1.29 is 4.74 Å². The van der Waals surface area contributed by atoms with Crippen LogP contribution in [0, 0.1) is 6.92 Å². The van der Waals surface area contributed by atoms with Crippen LogP contribution in [0.2, 0.25) is 0 Å². The lowest BCUT2D eigenvalue weighted by Gasteiger charge is -2.32. The highest BCUT2D eigenvalue weighted by Gasteiger charge is 2.14. The Bertz CT molecular complexity index is 426. The van der Waals surface area contributed by atoms with Crippen molar-refractivity contribution in [3.63, 3.8) is 0 Å². The van der Waals surface area contributed by atoms with Gasteiger partial charge >= 0.3 is 0 Å². The second-order valence-corrected chi connectivity index (χ2v) is 5.82. The molecule has 4 nitrogen and oxygen atoms in total. The summed E-state index contributed by atoms with van der Waals surface area (Å²) in [5.74, 6) is 0.939. The molecule has 2 N–H and O–H groups in total. The zero-order chi connectivity index (χ0) is 14.5. The first-order valence-corrected chi connectivity index (χ1v) is 7.46. The highest BCUT2D eigenvalue weighted by atomic mass is 16.5. The molecule has 1 aromatic rings. The van der Waals surface area contributed by atoms with E-state index in [0.717, 1.165) is 50.6 Å². The van der Waals surface area contributed by atoms with Crippen molar-refractivity contribution in [3.05, 3.63) is 29.3 Å². The molecule has 1 aromatic carbocycles. The number of piperazine rings is 1. The van der Waals surface area contributed by atoms with Crippen molar-refractivity contribution in [3.8, 4) is 5.75 Å². The van der Waals surface area contributed by atoms with Crippen LogP contribution in [0.4, 0.5) is 0 Å². The van der Waals surface area contributed by atoms with E-state index in [1.807, 2.05) is 6.92 Å². The van der Waals surface area contributed by atoms with Crippen LogP contribution in [0.15, 0.2) is 18.2 Å². The summed E-state index contributed by atoms with van der Waals surface area (Å²) in [7, 11) is 2.18. The average Bonchev–Trinajstić information content (AvgIpc) is 2.41. The van der Waals surface area contributed by atoms with Crippen LogP contribution in [0.1, 0.15) is 24.1 Å². The van der Waals surface area contributed by atoms with Gasteiger partial charge in [0, 0.05) is 44.3 Å². The van der Waals surface area contributed by atoms with E-state index in [0.29, 0.717) is 0 Å². The molecule has 1 atom stereocenters. The number of benzene rings is 1. The minimum absolute atomic E-state index is 0.00855. The Hall–Kier alpha value is -1.10. The third-order valence-electron chi connectivity index (χ3n) is 3.92. The van der Waals surface area contributed by atoms with Crippen LogP contribution < -0.4 is 10.5 Å². The molecule has 1 fully saturated rings. The summed E-state index contributed by atoms with van der Waals surface area (Å²) < 4.78 is 5.97. The summed E-state index contributed by atoms with van der Waals surface area (Å²) in [4.78, 5) is 4.83. The molecule has 0 aliphatic carbocycles. The summed E-state index contributed by atoms with van der Waals surface area (Å²) in [5, 5.41) is 0. The van der Waals surface area contributed by atoms with E-state index in [1.54, 1.807) is 0 Å². The molecule has 0 unspecified atom stereocenters. The maximum atomic E-state index is 6.00. The van der Waals surface area contributed by atoms with Gasteiger partial charge in [-0.2, -0.15) is 0 Å². The molecule has 0 saturated carbocycles. The van der Waals surface area contributed by atoms with Crippen molar-refractivity contribution in [2.45, 2.75) is 19.9 Å². The van der Waals surface area contributed by atoms with Crippen molar-refractivity contribution >= 4 is 0 Å². The van der Waals surface area contributed by atoms with Crippen LogP contribution in [0.3, 0.4) is 0 Å². The zero-order valence-corrected chi connectivity index (χ0v) is 12.9. The van der Waals surface area contributed by atoms with Crippen molar-refractivity contribution in [1.82, 2.24) is 9.80 Å². The minimum atomic E-state index is 0.00855. The van der Waals surface area contributed by atoms with Gasteiger partial charge in [-0.05, 0) is 32.5 Å². The molecule has 0 aromatic heterocycles. The largest absolute Gasteiger partial charge is 0.492 e. The highest BCUT2D eigenvalue weighted by Crippen LogP contribution is 2.25. The first-order valence-electron chi connectivity index (χ1n) is 7.46. The molecule has 0 bridgehead atoms. The number of likely N-dealkylation sites (N-methyl/N-ethyl adjacent to an activating group) is 1. The number of hydrogen-bond donors (Lipinski definition) is 1. The van der Waals surface area contributed by atoms with E-state index in [2.05, 4.69) is 42.0 Å². The highest BCUT2D eigenvalue weighted by molar-refractivity contribution is 5.38. The number of aryl methyl sites for hydroxylation is 1. The fraction of sp³-hybridized carbons (Fsp3) is 0.625. The lowest BCUT2D eigenvalue weighted by Crippen LogP contribution is -2.45. The van der Waals surface area contributed by atoms with Crippen LogP contribution in [0.25, 0.3) is 0 Å². The van der Waals surface area contributed by atoms with Gasteiger partial charge in [0.15, 0.2) is 0 Å². The average molecular weight is 277 g/mol. The fourth-order valence-electron chi connectivity index (χ4n) is 2.50. The van der Waals surface area contributed by atoms with Crippen LogP contribution in [-0.2, 0) is 0 Å². The predicted molar refractivity (Wildman–Crippen MR) is 83.2 cm³/mol. The van der Waals surface area contributed by atoms with E-state index in [1.165, 1.54) is 5.56 Å². The van der Waals surface area contributed by atoms with E-state index in [9.17, 15) is 0 Å². The molecule has 1 aliphatic heterocycles. The number of ether oxygens (including phenoxy) is 1. The summed E-state index contributed by atoms with van der Waals surface area (Å²) in [6.07, 6.45) is 0. The number of nitrogens with two attached hydrogens (primary N) is 1. The van der Waals surface area contributed by atoms with Gasteiger partial charge in [-0.25, -0.2) is 0 Å². The van der Waals surface area contributed by atoms with Crippen molar-refractivity contribution in [2.24, 2.45) is 5.73 Å². The molecule has 0 spiro atoms. The molecule has 0 amide bonds. The van der Waals surface area contributed by atoms with E-state index in [4.69, 9.17) is 10.5 Å². The summed E-state index contributed by atoms with van der Waals surface area (Å²) in [6, 6.07) is 6.26. The predicted octanol–water partition coefficient (Wildman–Crippen LogP) is 1.64. The lowest BCUT2D eigenvalue weighted by molar-refractivity contribution is 0.133. The third-order valence-corrected chi connectivity index (χ3v) is 3.92. The number of nitrogens with zero attached hydrogens (tertiary/aromatic N) is 2. The molecule has 112 valence electrons. The standard InChI is InChI=1S/C16H27N3O/c1-13-4-5-15(14(2)17)16(12-13)20-11-10-19-8-6-18(3)7-9-19/h4-5,12,14H,6-11,17H2,1-3H3/t14-/m0/s1. The van der Waals surface area contributed by atoms with Gasteiger partial charge in [-0.3, -0.25) is 4.90 Å². The van der Waals surface area contributed by atoms with E-state index < -0.39 is 0 Å². The van der Waals surface area contributed by atoms with Gasteiger partial charge in [0.25, 0.3) is 0 Å². The Morgan fingerprint density at radius 3 is 2.60 bits per heavy atom. The minimum Gasteiger partial charge on any atom is -0.492 e. The van der Waals surface area contributed by atoms with E-state index >= 15 is 0 Å². The van der Waals surface area contributed by atoms with Gasteiger partial charge < -0.3 is 15.4 Å². The van der Waals surface area contributed by atoms with Gasteiger partial charge in [0.05, 0.1) is 0 Å². The lowest BCUT2D eigenvalue weighted by atomic mass is 10.1. The molecule has 4 heteroatoms. The normalized spacial score (nSPS) is 19.0. The van der Waals surface area contributed by atoms with E-state index in [-0.39, 0.29) is 6.04 Å². The van der Waals surface area contributed by atoms with Crippen molar-refractivity contribution in [1.29, 1.82) is 0 Å².